The number of carbonyl (C=O) groups excluding carboxylic acids is 1. The molecule has 2 nitrogen and oxygen atoms in total. The van der Waals surface area contributed by atoms with Crippen molar-refractivity contribution in [1.82, 2.24) is 0 Å². The number of rotatable bonds is 6. The zero-order valence-electron chi connectivity index (χ0n) is 15.4. The lowest BCUT2D eigenvalue weighted by molar-refractivity contribution is -0.140. The van der Waals surface area contributed by atoms with E-state index in [9.17, 15) is 4.79 Å². The lowest BCUT2D eigenvalue weighted by Gasteiger charge is -2.27. The Kier molecular flexibility index (Phi) is 6.73. The molecular formula is C23H27ClO2. The Morgan fingerprint density at radius 2 is 1.77 bits per heavy atom. The van der Waals surface area contributed by atoms with Gasteiger partial charge in [0.2, 0.25) is 0 Å². The van der Waals surface area contributed by atoms with Crippen molar-refractivity contribution in [2.24, 2.45) is 11.8 Å². The van der Waals surface area contributed by atoms with Gasteiger partial charge in [0.1, 0.15) is 5.75 Å². The molecular weight excluding hydrogens is 344 g/mol. The van der Waals surface area contributed by atoms with Gasteiger partial charge in [0.25, 0.3) is 0 Å². The van der Waals surface area contributed by atoms with E-state index >= 15 is 0 Å². The molecule has 0 bridgehead atoms. The number of unbranched alkanes of at least 4 members (excludes halogenated alkanes) is 1. The summed E-state index contributed by atoms with van der Waals surface area (Å²) >= 11 is 6.37. The van der Waals surface area contributed by atoms with Gasteiger partial charge in [0.15, 0.2) is 0 Å². The predicted molar refractivity (Wildman–Crippen MR) is 107 cm³/mol. The third-order valence-electron chi connectivity index (χ3n) is 5.40. The van der Waals surface area contributed by atoms with E-state index in [1.165, 1.54) is 19.3 Å². The Labute approximate surface area is 161 Å². The topological polar surface area (TPSA) is 26.3 Å². The summed E-state index contributed by atoms with van der Waals surface area (Å²) in [6.45, 7) is 2.23. The SMILES string of the molecule is CCCC[C@H]1CC[C@H](C(=O)Oc2ccc(-c3ccccc3)cc2Cl)CC1. The summed E-state index contributed by atoms with van der Waals surface area (Å²) in [6, 6.07) is 15.7. The summed E-state index contributed by atoms with van der Waals surface area (Å²) in [5.74, 6) is 1.13. The molecule has 26 heavy (non-hydrogen) atoms. The zero-order chi connectivity index (χ0) is 18.4. The van der Waals surface area contributed by atoms with Crippen molar-refractivity contribution in [3.63, 3.8) is 0 Å². The minimum absolute atomic E-state index is 0.0118. The van der Waals surface area contributed by atoms with Crippen molar-refractivity contribution in [1.29, 1.82) is 0 Å². The third-order valence-corrected chi connectivity index (χ3v) is 5.69. The summed E-state index contributed by atoms with van der Waals surface area (Å²) in [6.07, 6.45) is 7.99. The second-order valence-electron chi connectivity index (χ2n) is 7.29. The van der Waals surface area contributed by atoms with Crippen molar-refractivity contribution >= 4 is 17.6 Å². The monoisotopic (exact) mass is 370 g/mol. The van der Waals surface area contributed by atoms with E-state index < -0.39 is 0 Å². The minimum Gasteiger partial charge on any atom is -0.425 e. The summed E-state index contributed by atoms with van der Waals surface area (Å²) in [7, 11) is 0. The number of hydrogen-bond donors (Lipinski definition) is 0. The Bertz CT molecular complexity index is 718. The van der Waals surface area contributed by atoms with Crippen LogP contribution >= 0.6 is 11.6 Å². The molecule has 138 valence electrons. The fourth-order valence-electron chi connectivity index (χ4n) is 3.77. The van der Waals surface area contributed by atoms with Crippen LogP contribution < -0.4 is 4.74 Å². The summed E-state index contributed by atoms with van der Waals surface area (Å²) in [5, 5.41) is 0.483. The van der Waals surface area contributed by atoms with Gasteiger partial charge < -0.3 is 4.74 Å². The minimum atomic E-state index is -0.131. The molecule has 0 heterocycles. The van der Waals surface area contributed by atoms with E-state index in [4.69, 9.17) is 16.3 Å². The van der Waals surface area contributed by atoms with Crippen LogP contribution in [0.2, 0.25) is 5.02 Å². The van der Waals surface area contributed by atoms with Gasteiger partial charge in [-0.1, -0.05) is 74.2 Å². The van der Waals surface area contributed by atoms with E-state index in [2.05, 4.69) is 6.92 Å². The molecule has 1 aliphatic carbocycles. The maximum atomic E-state index is 12.5. The van der Waals surface area contributed by atoms with Crippen molar-refractivity contribution in [2.75, 3.05) is 0 Å². The van der Waals surface area contributed by atoms with Gasteiger partial charge >= 0.3 is 5.97 Å². The number of benzene rings is 2. The van der Waals surface area contributed by atoms with Crippen LogP contribution in [0, 0.1) is 11.8 Å². The number of ether oxygens (including phenoxy) is 1. The summed E-state index contributed by atoms with van der Waals surface area (Å²) in [4.78, 5) is 12.5. The van der Waals surface area contributed by atoms with Crippen molar-refractivity contribution in [3.05, 3.63) is 53.6 Å². The Morgan fingerprint density at radius 3 is 2.42 bits per heavy atom. The molecule has 0 unspecified atom stereocenters. The number of carbonyl (C=O) groups is 1. The molecule has 0 spiro atoms. The third kappa shape index (κ3) is 4.88. The fraction of sp³-hybridized carbons (Fsp3) is 0.435. The van der Waals surface area contributed by atoms with Crippen LogP contribution in [0.15, 0.2) is 48.5 Å². The van der Waals surface area contributed by atoms with Gasteiger partial charge in [-0.05, 0) is 54.9 Å². The molecule has 0 amide bonds. The molecule has 1 saturated carbocycles. The van der Waals surface area contributed by atoms with Crippen LogP contribution in [-0.4, -0.2) is 5.97 Å². The fourth-order valence-corrected chi connectivity index (χ4v) is 3.98. The van der Waals surface area contributed by atoms with Crippen LogP contribution in [0.1, 0.15) is 51.9 Å². The first-order valence-corrected chi connectivity index (χ1v) is 10.1. The average Bonchev–Trinajstić information content (AvgIpc) is 2.69. The first-order valence-electron chi connectivity index (χ1n) is 9.74. The lowest BCUT2D eigenvalue weighted by Crippen LogP contribution is -2.25. The van der Waals surface area contributed by atoms with E-state index in [-0.39, 0.29) is 11.9 Å². The molecule has 2 aromatic rings. The Hall–Kier alpha value is -1.80. The predicted octanol–water partition coefficient (Wildman–Crippen LogP) is 6.91. The molecule has 0 aliphatic heterocycles. The van der Waals surface area contributed by atoms with Crippen LogP contribution in [-0.2, 0) is 4.79 Å². The molecule has 2 aromatic carbocycles. The molecule has 3 rings (SSSR count). The molecule has 0 N–H and O–H groups in total. The maximum Gasteiger partial charge on any atom is 0.314 e. The van der Waals surface area contributed by atoms with Crippen molar-refractivity contribution in [3.8, 4) is 16.9 Å². The highest BCUT2D eigenvalue weighted by molar-refractivity contribution is 6.32. The molecule has 0 saturated heterocycles. The molecule has 0 radical (unpaired) electrons. The normalized spacial score (nSPS) is 19.9. The highest BCUT2D eigenvalue weighted by Crippen LogP contribution is 2.35. The standard InChI is InChI=1S/C23H27ClO2/c1-2-3-7-17-10-12-19(13-11-17)23(25)26-22-15-14-20(16-21(22)24)18-8-5-4-6-9-18/h4-6,8-9,14-17,19H,2-3,7,10-13H2,1H3/t17-,19-. The van der Waals surface area contributed by atoms with E-state index in [0.717, 1.165) is 42.7 Å². The highest BCUT2D eigenvalue weighted by Gasteiger charge is 2.27. The van der Waals surface area contributed by atoms with E-state index in [0.29, 0.717) is 10.8 Å². The Balaban J connectivity index is 1.58. The quantitative estimate of drug-likeness (QED) is 0.408. The lowest BCUT2D eigenvalue weighted by atomic mass is 9.80. The second kappa shape index (κ2) is 9.23. The number of halogens is 1. The molecule has 1 fully saturated rings. The van der Waals surface area contributed by atoms with Gasteiger partial charge in [-0.3, -0.25) is 4.79 Å². The van der Waals surface area contributed by atoms with E-state index in [1.807, 2.05) is 42.5 Å². The first-order chi connectivity index (χ1) is 12.7. The summed E-state index contributed by atoms with van der Waals surface area (Å²) in [5.41, 5.74) is 2.12. The second-order valence-corrected chi connectivity index (χ2v) is 7.70. The van der Waals surface area contributed by atoms with Crippen LogP contribution in [0.3, 0.4) is 0 Å². The van der Waals surface area contributed by atoms with Gasteiger partial charge in [0.05, 0.1) is 10.9 Å². The molecule has 1 aliphatic rings. The maximum absolute atomic E-state index is 12.5. The first kappa shape index (κ1) is 19.0. The molecule has 0 atom stereocenters. The largest absolute Gasteiger partial charge is 0.425 e. The Morgan fingerprint density at radius 1 is 1.04 bits per heavy atom. The molecule has 3 heteroatoms. The average molecular weight is 371 g/mol. The van der Waals surface area contributed by atoms with Crippen molar-refractivity contribution in [2.45, 2.75) is 51.9 Å². The zero-order valence-corrected chi connectivity index (χ0v) is 16.2. The van der Waals surface area contributed by atoms with Crippen molar-refractivity contribution < 1.29 is 9.53 Å². The number of esters is 1. The van der Waals surface area contributed by atoms with Crippen LogP contribution in [0.4, 0.5) is 0 Å². The highest BCUT2D eigenvalue weighted by atomic mass is 35.5. The molecule has 0 aromatic heterocycles. The number of hydrogen-bond acceptors (Lipinski definition) is 2. The van der Waals surface area contributed by atoms with E-state index in [1.54, 1.807) is 6.07 Å². The van der Waals surface area contributed by atoms with Crippen LogP contribution in [0.5, 0.6) is 5.75 Å². The van der Waals surface area contributed by atoms with Crippen LogP contribution in [0.25, 0.3) is 11.1 Å². The van der Waals surface area contributed by atoms with Gasteiger partial charge in [-0.15, -0.1) is 0 Å². The van der Waals surface area contributed by atoms with Gasteiger partial charge in [0, 0.05) is 0 Å². The summed E-state index contributed by atoms with van der Waals surface area (Å²) < 4.78 is 5.62. The van der Waals surface area contributed by atoms with Gasteiger partial charge in [-0.25, -0.2) is 0 Å². The smallest absolute Gasteiger partial charge is 0.314 e. The van der Waals surface area contributed by atoms with Gasteiger partial charge in [-0.2, -0.15) is 0 Å².